The van der Waals surface area contributed by atoms with Crippen molar-refractivity contribution >= 4 is 23.4 Å². The van der Waals surface area contributed by atoms with Crippen LogP contribution in [0.1, 0.15) is 16.1 Å². The standard InChI is InChI=1S/C18H19N3O5/c1-20(2)18(24)12-5-6-15-14(8-12)21(17(23)11-26-15)10-16(22)19-9-13-4-3-7-25-13/h3-8H,9-11H2,1-2H3,(H,19,22). The van der Waals surface area contributed by atoms with Crippen LogP contribution in [0.4, 0.5) is 5.69 Å². The molecule has 2 aromatic rings. The van der Waals surface area contributed by atoms with E-state index in [2.05, 4.69) is 5.32 Å². The molecule has 0 bridgehead atoms. The maximum atomic E-state index is 12.2. The molecule has 1 aromatic heterocycles. The van der Waals surface area contributed by atoms with Crippen molar-refractivity contribution in [2.24, 2.45) is 0 Å². The molecule has 0 unspecified atom stereocenters. The van der Waals surface area contributed by atoms with E-state index >= 15 is 0 Å². The van der Waals surface area contributed by atoms with Gasteiger partial charge in [-0.2, -0.15) is 0 Å². The summed E-state index contributed by atoms with van der Waals surface area (Å²) in [5, 5.41) is 2.70. The van der Waals surface area contributed by atoms with Crippen LogP contribution in [-0.2, 0) is 16.1 Å². The molecule has 1 aliphatic heterocycles. The monoisotopic (exact) mass is 357 g/mol. The van der Waals surface area contributed by atoms with E-state index in [4.69, 9.17) is 9.15 Å². The maximum absolute atomic E-state index is 12.2. The number of nitrogens with zero attached hydrogens (tertiary/aromatic N) is 2. The van der Waals surface area contributed by atoms with Gasteiger partial charge in [0, 0.05) is 19.7 Å². The first-order chi connectivity index (χ1) is 12.5. The third-order valence-electron chi connectivity index (χ3n) is 3.90. The van der Waals surface area contributed by atoms with E-state index in [0.717, 1.165) is 0 Å². The lowest BCUT2D eigenvalue weighted by Crippen LogP contribution is -2.45. The summed E-state index contributed by atoms with van der Waals surface area (Å²) in [5.74, 6) is 0.185. The van der Waals surface area contributed by atoms with Crippen LogP contribution in [-0.4, -0.2) is 49.9 Å². The molecular weight excluding hydrogens is 338 g/mol. The van der Waals surface area contributed by atoms with Gasteiger partial charge in [-0.15, -0.1) is 0 Å². The molecular formula is C18H19N3O5. The van der Waals surface area contributed by atoms with Crippen molar-refractivity contribution in [3.63, 3.8) is 0 Å². The Labute approximate surface area is 150 Å². The minimum Gasteiger partial charge on any atom is -0.482 e. The van der Waals surface area contributed by atoms with Crippen LogP contribution in [0.2, 0.25) is 0 Å². The zero-order valence-corrected chi connectivity index (χ0v) is 14.5. The minimum absolute atomic E-state index is 0.153. The summed E-state index contributed by atoms with van der Waals surface area (Å²) in [6.45, 7) is -0.0919. The number of furan rings is 1. The highest BCUT2D eigenvalue weighted by atomic mass is 16.5. The van der Waals surface area contributed by atoms with Crippen molar-refractivity contribution in [3.05, 3.63) is 47.9 Å². The van der Waals surface area contributed by atoms with Gasteiger partial charge in [0.1, 0.15) is 18.1 Å². The van der Waals surface area contributed by atoms with Crippen molar-refractivity contribution < 1.29 is 23.5 Å². The first-order valence-corrected chi connectivity index (χ1v) is 8.03. The molecule has 2 heterocycles. The molecule has 0 fully saturated rings. The topological polar surface area (TPSA) is 92.1 Å². The van der Waals surface area contributed by atoms with Gasteiger partial charge in [0.05, 0.1) is 18.5 Å². The fourth-order valence-corrected chi connectivity index (χ4v) is 2.57. The number of carbonyl (C=O) groups is 3. The third kappa shape index (κ3) is 3.69. The second-order valence-electron chi connectivity index (χ2n) is 6.01. The van der Waals surface area contributed by atoms with Crippen LogP contribution in [0, 0.1) is 0 Å². The highest BCUT2D eigenvalue weighted by molar-refractivity contribution is 6.04. The van der Waals surface area contributed by atoms with E-state index in [1.807, 2.05) is 0 Å². The first kappa shape index (κ1) is 17.5. The van der Waals surface area contributed by atoms with E-state index in [0.29, 0.717) is 22.8 Å². The van der Waals surface area contributed by atoms with Gasteiger partial charge in [-0.1, -0.05) is 0 Å². The Morgan fingerprint density at radius 3 is 2.77 bits per heavy atom. The molecule has 8 nitrogen and oxygen atoms in total. The molecule has 8 heteroatoms. The summed E-state index contributed by atoms with van der Waals surface area (Å²) in [5.41, 5.74) is 0.815. The van der Waals surface area contributed by atoms with E-state index in [9.17, 15) is 14.4 Å². The van der Waals surface area contributed by atoms with Gasteiger partial charge >= 0.3 is 0 Å². The number of nitrogens with one attached hydrogen (secondary N) is 1. The first-order valence-electron chi connectivity index (χ1n) is 8.03. The number of rotatable bonds is 5. The number of anilines is 1. The quantitative estimate of drug-likeness (QED) is 0.863. The minimum atomic E-state index is -0.347. The summed E-state index contributed by atoms with van der Waals surface area (Å²) in [6, 6.07) is 8.30. The molecule has 26 heavy (non-hydrogen) atoms. The maximum Gasteiger partial charge on any atom is 0.265 e. The van der Waals surface area contributed by atoms with Crippen LogP contribution in [0.25, 0.3) is 0 Å². The van der Waals surface area contributed by atoms with Crippen molar-refractivity contribution in [2.45, 2.75) is 6.54 Å². The molecule has 3 rings (SSSR count). The van der Waals surface area contributed by atoms with Gasteiger partial charge in [-0.3, -0.25) is 19.3 Å². The zero-order valence-electron chi connectivity index (χ0n) is 14.5. The highest BCUT2D eigenvalue weighted by Crippen LogP contribution is 2.33. The molecule has 1 aromatic carbocycles. The molecule has 0 radical (unpaired) electrons. The van der Waals surface area contributed by atoms with Gasteiger partial charge < -0.3 is 19.4 Å². The lowest BCUT2D eigenvalue weighted by atomic mass is 10.1. The number of carbonyl (C=O) groups excluding carboxylic acids is 3. The van der Waals surface area contributed by atoms with Crippen LogP contribution >= 0.6 is 0 Å². The van der Waals surface area contributed by atoms with Crippen LogP contribution in [0.15, 0.2) is 41.0 Å². The smallest absolute Gasteiger partial charge is 0.265 e. The van der Waals surface area contributed by atoms with Gasteiger partial charge in [-0.05, 0) is 30.3 Å². The Morgan fingerprint density at radius 2 is 2.08 bits per heavy atom. The number of benzene rings is 1. The number of hydrogen-bond donors (Lipinski definition) is 1. The fourth-order valence-electron chi connectivity index (χ4n) is 2.57. The molecule has 1 aliphatic rings. The molecule has 0 saturated heterocycles. The van der Waals surface area contributed by atoms with E-state index in [1.54, 1.807) is 44.4 Å². The van der Waals surface area contributed by atoms with Gasteiger partial charge in [0.25, 0.3) is 11.8 Å². The largest absolute Gasteiger partial charge is 0.482 e. The van der Waals surface area contributed by atoms with Crippen molar-refractivity contribution in [2.75, 3.05) is 32.1 Å². The van der Waals surface area contributed by atoms with Crippen LogP contribution < -0.4 is 15.0 Å². The molecule has 136 valence electrons. The van der Waals surface area contributed by atoms with E-state index < -0.39 is 0 Å². The van der Waals surface area contributed by atoms with Crippen molar-refractivity contribution in [1.29, 1.82) is 0 Å². The Bertz CT molecular complexity index is 829. The second kappa shape index (κ2) is 7.30. The molecule has 1 N–H and O–H groups in total. The SMILES string of the molecule is CN(C)C(=O)c1ccc2c(c1)N(CC(=O)NCc1ccco1)C(=O)CO2. The predicted octanol–water partition coefficient (Wildman–Crippen LogP) is 1.02. The molecule has 0 spiro atoms. The lowest BCUT2D eigenvalue weighted by Gasteiger charge is -2.29. The van der Waals surface area contributed by atoms with Gasteiger partial charge in [-0.25, -0.2) is 0 Å². The lowest BCUT2D eigenvalue weighted by molar-refractivity contribution is -0.125. The second-order valence-corrected chi connectivity index (χ2v) is 6.01. The fraction of sp³-hybridized carbons (Fsp3) is 0.278. The van der Waals surface area contributed by atoms with Crippen LogP contribution in [0.3, 0.4) is 0 Å². The van der Waals surface area contributed by atoms with Gasteiger partial charge in [0.15, 0.2) is 6.61 Å². The predicted molar refractivity (Wildman–Crippen MR) is 92.9 cm³/mol. The number of amides is 3. The molecule has 0 saturated carbocycles. The van der Waals surface area contributed by atoms with Crippen molar-refractivity contribution in [3.8, 4) is 5.75 Å². The Hall–Kier alpha value is -3.29. The number of ether oxygens (including phenoxy) is 1. The van der Waals surface area contributed by atoms with E-state index in [1.165, 1.54) is 16.1 Å². The third-order valence-corrected chi connectivity index (χ3v) is 3.90. The molecule has 0 aliphatic carbocycles. The Kier molecular flexibility index (Phi) is 4.92. The number of fused-ring (bicyclic) bond motifs is 1. The zero-order chi connectivity index (χ0) is 18.7. The van der Waals surface area contributed by atoms with Crippen LogP contribution in [0.5, 0.6) is 5.75 Å². The van der Waals surface area contributed by atoms with Gasteiger partial charge in [0.2, 0.25) is 5.91 Å². The summed E-state index contributed by atoms with van der Waals surface area (Å²) < 4.78 is 10.6. The summed E-state index contributed by atoms with van der Waals surface area (Å²) >= 11 is 0. The summed E-state index contributed by atoms with van der Waals surface area (Å²) in [7, 11) is 3.28. The summed E-state index contributed by atoms with van der Waals surface area (Å²) in [4.78, 5) is 39.4. The number of hydrogen-bond acceptors (Lipinski definition) is 5. The van der Waals surface area contributed by atoms with E-state index in [-0.39, 0.29) is 37.4 Å². The van der Waals surface area contributed by atoms with Crippen molar-refractivity contribution in [1.82, 2.24) is 10.2 Å². The Balaban J connectivity index is 1.77. The molecule has 0 atom stereocenters. The average molecular weight is 357 g/mol. The highest BCUT2D eigenvalue weighted by Gasteiger charge is 2.28. The Morgan fingerprint density at radius 1 is 1.27 bits per heavy atom. The summed E-state index contributed by atoms with van der Waals surface area (Å²) in [6.07, 6.45) is 1.52. The average Bonchev–Trinajstić information content (AvgIpc) is 3.15. The normalized spacial score (nSPS) is 13.0. The molecule has 3 amide bonds.